The van der Waals surface area contributed by atoms with Gasteiger partial charge in [0.05, 0.1) is 36.6 Å². The molecule has 10 atom stereocenters. The summed E-state index contributed by atoms with van der Waals surface area (Å²) in [6, 6.07) is 23.5. The number of aromatic nitrogens is 6. The zero-order valence-corrected chi connectivity index (χ0v) is 48.2. The molecule has 3 aromatic carbocycles. The molecule has 0 aliphatic carbocycles. The molecular formula is C62H84N14O6. The number of nitrogens with zero attached hydrogens (tertiary/aromatic N) is 8. The molecule has 6 N–H and O–H groups in total. The first-order chi connectivity index (χ1) is 39.9. The predicted octanol–water partition coefficient (Wildman–Crippen LogP) is 5.38. The number of likely N-dealkylation sites (N-methyl/N-ethyl adjacent to an activating group) is 2. The van der Waals surface area contributed by atoms with E-state index in [9.17, 15) is 28.8 Å². The zero-order chi connectivity index (χ0) is 57.5. The maximum absolute atomic E-state index is 14.3. The van der Waals surface area contributed by atoms with Crippen molar-refractivity contribution in [2.45, 2.75) is 203 Å². The average Bonchev–Trinajstić information content (AvgIpc) is 4.39. The maximum Gasteiger partial charge on any atom is 0.246 e. The lowest BCUT2D eigenvalue weighted by molar-refractivity contribution is -0.144. The molecule has 4 aliphatic rings. The Kier molecular flexibility index (Phi) is 20.7. The van der Waals surface area contributed by atoms with E-state index in [1.807, 2.05) is 82.4 Å². The van der Waals surface area contributed by atoms with Crippen LogP contribution in [0, 0.1) is 0 Å². The Morgan fingerprint density at radius 2 is 0.902 bits per heavy atom. The Bertz CT molecular complexity index is 2720. The highest BCUT2D eigenvalue weighted by atomic mass is 16.2. The van der Waals surface area contributed by atoms with Crippen molar-refractivity contribution in [3.05, 3.63) is 131 Å². The number of carbonyl (C=O) groups is 6. The number of aryl methyl sites for hydroxylation is 4. The van der Waals surface area contributed by atoms with Gasteiger partial charge in [-0.15, -0.1) is 10.2 Å². The summed E-state index contributed by atoms with van der Waals surface area (Å²) in [5, 5.41) is 36.4. The van der Waals surface area contributed by atoms with Crippen molar-refractivity contribution in [1.82, 2.24) is 71.7 Å². The minimum absolute atomic E-state index is 0.0483. The number of hydrogen-bond donors (Lipinski definition) is 6. The Balaban J connectivity index is 0.734. The van der Waals surface area contributed by atoms with Gasteiger partial charge in [0.2, 0.25) is 35.4 Å². The van der Waals surface area contributed by atoms with Gasteiger partial charge in [-0.2, -0.15) is 0 Å². The number of carbonyl (C=O) groups excluding carboxylic acids is 6. The van der Waals surface area contributed by atoms with Gasteiger partial charge in [0.25, 0.3) is 0 Å². The predicted molar refractivity (Wildman–Crippen MR) is 310 cm³/mol. The molecule has 2 aromatic heterocycles. The van der Waals surface area contributed by atoms with Gasteiger partial charge >= 0.3 is 0 Å². The zero-order valence-electron chi connectivity index (χ0n) is 48.2. The van der Waals surface area contributed by atoms with Gasteiger partial charge in [-0.25, -0.2) is 0 Å². The van der Waals surface area contributed by atoms with Crippen LogP contribution in [0.1, 0.15) is 162 Å². The van der Waals surface area contributed by atoms with Crippen molar-refractivity contribution in [2.75, 3.05) is 14.1 Å². The Morgan fingerprint density at radius 1 is 0.512 bits per heavy atom. The highest BCUT2D eigenvalue weighted by molar-refractivity contribution is 5.95. The standard InChI is InChI=1S/C62H84N14O6/c1-41(63-3)57(77)65-49-27-13-11-25-47-33-35-53(75(47)61(49)81)59(79)67-55(45-21-7-5-8-22-45)51-39-73(71-69-51)37-17-15-19-43-29-31-44(32-30-43)20-16-18-38-74-40-52(70-72-74)56(46-23-9-6-10-24-46)68-60(80)54-36-34-48-26-12-14-28-50(62(82)76(48)54)66-58(78)42(2)64-4/h5-10,21-24,29-32,39-42,47-50,53-56,63-64H,11-20,25-28,33-38H2,1-4H3,(H,65,77)(H,66,78)(H,67,79)(H,68,80)/t41-,42-,47?,48?,49-,50-,53-,54-,55-,56-/m0/s1. The monoisotopic (exact) mass is 1120 g/mol. The number of nitrogens with one attached hydrogen (secondary N) is 6. The lowest BCUT2D eigenvalue weighted by atomic mass is 9.98. The molecule has 0 radical (unpaired) electrons. The molecule has 0 saturated carbocycles. The lowest BCUT2D eigenvalue weighted by Gasteiger charge is -2.36. The van der Waals surface area contributed by atoms with E-state index in [0.717, 1.165) is 101 Å². The molecule has 0 bridgehead atoms. The molecule has 6 amide bonds. The van der Waals surface area contributed by atoms with Crippen LogP contribution in [0.15, 0.2) is 97.3 Å². The molecule has 5 aromatic rings. The quantitative estimate of drug-likeness (QED) is 0.0427. The van der Waals surface area contributed by atoms with Gasteiger partial charge in [0.15, 0.2) is 0 Å². The van der Waals surface area contributed by atoms with Crippen LogP contribution in [0.3, 0.4) is 0 Å². The number of unbranched alkanes of at least 4 members (excludes halogenated alkanes) is 2. The molecule has 82 heavy (non-hydrogen) atoms. The fraction of sp³-hybridized carbons (Fsp3) is 0.548. The van der Waals surface area contributed by atoms with E-state index in [1.165, 1.54) is 11.1 Å². The number of rotatable bonds is 24. The molecule has 9 rings (SSSR count). The fourth-order valence-corrected chi connectivity index (χ4v) is 12.3. The van der Waals surface area contributed by atoms with E-state index in [0.29, 0.717) is 50.2 Å². The molecule has 20 heteroatoms. The summed E-state index contributed by atoms with van der Waals surface area (Å²) in [6.45, 7) is 4.86. The number of amides is 6. The minimum atomic E-state index is -0.676. The van der Waals surface area contributed by atoms with Gasteiger partial charge in [0, 0.05) is 25.2 Å². The molecule has 20 nitrogen and oxygen atoms in total. The third-order valence-electron chi connectivity index (χ3n) is 17.3. The second-order valence-corrected chi connectivity index (χ2v) is 22.9. The van der Waals surface area contributed by atoms with Gasteiger partial charge in [-0.05, 0) is 140 Å². The van der Waals surface area contributed by atoms with Crippen molar-refractivity contribution in [3.8, 4) is 0 Å². The summed E-state index contributed by atoms with van der Waals surface area (Å²) in [5.41, 5.74) is 5.53. The van der Waals surface area contributed by atoms with E-state index in [1.54, 1.807) is 37.7 Å². The number of benzene rings is 3. The molecule has 4 aliphatic heterocycles. The van der Waals surface area contributed by atoms with Crippen molar-refractivity contribution >= 4 is 35.4 Å². The first-order valence-corrected chi connectivity index (χ1v) is 30.1. The first-order valence-electron chi connectivity index (χ1n) is 30.1. The highest BCUT2D eigenvalue weighted by Crippen LogP contribution is 2.34. The molecule has 4 saturated heterocycles. The topological polar surface area (TPSA) is 242 Å². The molecule has 0 spiro atoms. The van der Waals surface area contributed by atoms with Crippen LogP contribution in [0.25, 0.3) is 0 Å². The maximum atomic E-state index is 14.3. The molecule has 4 fully saturated rings. The fourth-order valence-electron chi connectivity index (χ4n) is 12.3. The Labute approximate surface area is 482 Å². The molecule has 2 unspecified atom stereocenters. The van der Waals surface area contributed by atoms with Crippen LogP contribution in [0.2, 0.25) is 0 Å². The van der Waals surface area contributed by atoms with Gasteiger partial charge < -0.3 is 41.7 Å². The molecular weight excluding hydrogens is 1040 g/mol. The highest BCUT2D eigenvalue weighted by Gasteiger charge is 2.46. The lowest BCUT2D eigenvalue weighted by Crippen LogP contribution is -2.58. The van der Waals surface area contributed by atoms with Crippen molar-refractivity contribution in [1.29, 1.82) is 0 Å². The summed E-state index contributed by atoms with van der Waals surface area (Å²) in [5.74, 6) is -1.31. The second kappa shape index (κ2) is 28.6. The van der Waals surface area contributed by atoms with E-state index in [4.69, 9.17) is 0 Å². The first kappa shape index (κ1) is 59.3. The van der Waals surface area contributed by atoms with Gasteiger partial charge in [0.1, 0.15) is 35.6 Å². The Hall–Kier alpha value is -7.32. The van der Waals surface area contributed by atoms with E-state index in [-0.39, 0.29) is 47.5 Å². The summed E-state index contributed by atoms with van der Waals surface area (Å²) >= 11 is 0. The molecule has 6 heterocycles. The Morgan fingerprint density at radius 3 is 1.29 bits per heavy atom. The average molecular weight is 1120 g/mol. The van der Waals surface area contributed by atoms with Crippen LogP contribution in [-0.4, -0.2) is 138 Å². The van der Waals surface area contributed by atoms with Crippen LogP contribution in [-0.2, 0) is 54.7 Å². The summed E-state index contributed by atoms with van der Waals surface area (Å²) in [4.78, 5) is 86.0. The largest absolute Gasteiger partial charge is 0.343 e. The normalized spacial score (nSPS) is 22.5. The van der Waals surface area contributed by atoms with Crippen LogP contribution in [0.5, 0.6) is 0 Å². The van der Waals surface area contributed by atoms with Gasteiger partial charge in [-0.1, -0.05) is 121 Å². The van der Waals surface area contributed by atoms with Crippen molar-refractivity contribution in [2.24, 2.45) is 0 Å². The van der Waals surface area contributed by atoms with Crippen molar-refractivity contribution in [3.63, 3.8) is 0 Å². The smallest absolute Gasteiger partial charge is 0.246 e. The summed E-state index contributed by atoms with van der Waals surface area (Å²) in [7, 11) is 3.43. The minimum Gasteiger partial charge on any atom is -0.343 e. The number of fused-ring (bicyclic) bond motifs is 2. The van der Waals surface area contributed by atoms with E-state index in [2.05, 4.69) is 76.8 Å². The third kappa shape index (κ3) is 14.8. The van der Waals surface area contributed by atoms with Crippen LogP contribution in [0.4, 0.5) is 0 Å². The molecule has 438 valence electrons. The van der Waals surface area contributed by atoms with Crippen LogP contribution < -0.4 is 31.9 Å². The third-order valence-corrected chi connectivity index (χ3v) is 17.3. The second-order valence-electron chi connectivity index (χ2n) is 22.9. The summed E-state index contributed by atoms with van der Waals surface area (Å²) in [6.07, 6.45) is 18.2. The van der Waals surface area contributed by atoms with Gasteiger partial charge in [-0.3, -0.25) is 38.1 Å². The SMILES string of the molecule is CN[C@@H](C)C(=O)N[C@H]1CCCCC2CC[C@@H](C(=O)N[C@@H](c3ccccc3)c3cn(CCCCc4ccc(CCCCn5cc([C@@H](NC(=O)[C@@H]6CCC7CCCC[C@H](NC(=O)[C@H](C)NC)C(=O)N76)c6ccccc6)nn5)cc4)nn3)N2C1=O. The number of hydrogen-bond acceptors (Lipinski definition) is 12. The summed E-state index contributed by atoms with van der Waals surface area (Å²) < 4.78 is 3.68. The van der Waals surface area contributed by atoms with Crippen molar-refractivity contribution < 1.29 is 28.8 Å². The van der Waals surface area contributed by atoms with E-state index >= 15 is 0 Å². The van der Waals surface area contributed by atoms with Crippen LogP contribution >= 0.6 is 0 Å². The van der Waals surface area contributed by atoms with E-state index < -0.39 is 48.3 Å².